The first-order valence-electron chi connectivity index (χ1n) is 6.24. The van der Waals surface area contributed by atoms with E-state index in [1.54, 1.807) is 11.3 Å². The van der Waals surface area contributed by atoms with Gasteiger partial charge in [0.05, 0.1) is 9.39 Å². The third-order valence-electron chi connectivity index (χ3n) is 3.76. The predicted octanol–water partition coefficient (Wildman–Crippen LogP) is 2.84. The van der Waals surface area contributed by atoms with Crippen LogP contribution in [0.2, 0.25) is 0 Å². The number of hydrogen-bond acceptors (Lipinski definition) is 4. The van der Waals surface area contributed by atoms with Crippen LogP contribution in [-0.2, 0) is 15.9 Å². The van der Waals surface area contributed by atoms with Crippen molar-refractivity contribution in [3.8, 4) is 0 Å². The van der Waals surface area contributed by atoms with E-state index in [1.807, 2.05) is 14.2 Å². The highest BCUT2D eigenvalue weighted by Crippen LogP contribution is 2.32. The van der Waals surface area contributed by atoms with Crippen molar-refractivity contribution >= 4 is 27.3 Å². The van der Waals surface area contributed by atoms with E-state index in [0.717, 1.165) is 32.5 Å². The van der Waals surface area contributed by atoms with E-state index in [9.17, 15) is 0 Å². The van der Waals surface area contributed by atoms with E-state index in [0.29, 0.717) is 6.04 Å². The molecular formula is C13H20BrNO2S. The van der Waals surface area contributed by atoms with Gasteiger partial charge in [0.2, 0.25) is 0 Å². The zero-order chi connectivity index (χ0) is 13.0. The fourth-order valence-corrected chi connectivity index (χ4v) is 4.15. The second kappa shape index (κ2) is 6.48. The highest BCUT2D eigenvalue weighted by atomic mass is 79.9. The van der Waals surface area contributed by atoms with E-state index < -0.39 is 0 Å². The van der Waals surface area contributed by atoms with Gasteiger partial charge in [0.25, 0.3) is 0 Å². The highest BCUT2D eigenvalue weighted by Gasteiger charge is 2.39. The first-order valence-corrected chi connectivity index (χ1v) is 7.85. The van der Waals surface area contributed by atoms with E-state index in [-0.39, 0.29) is 5.60 Å². The number of ether oxygens (including phenoxy) is 2. The van der Waals surface area contributed by atoms with Gasteiger partial charge < -0.3 is 14.8 Å². The van der Waals surface area contributed by atoms with Crippen LogP contribution < -0.4 is 5.32 Å². The molecule has 5 heteroatoms. The maximum atomic E-state index is 5.86. The van der Waals surface area contributed by atoms with Gasteiger partial charge in [0.15, 0.2) is 0 Å². The number of halogens is 1. The molecule has 0 aliphatic carbocycles. The lowest BCUT2D eigenvalue weighted by Crippen LogP contribution is -2.55. The number of rotatable bonds is 5. The van der Waals surface area contributed by atoms with Gasteiger partial charge in [-0.15, -0.1) is 11.3 Å². The standard InChI is InChI=1S/C13H20BrNO2S/c1-15-11(9-10-3-4-12(14)18-10)13(16-2)5-7-17-8-6-13/h3-4,11,15H,5-9H2,1-2H3. The highest BCUT2D eigenvalue weighted by molar-refractivity contribution is 9.11. The molecule has 1 aliphatic rings. The van der Waals surface area contributed by atoms with Crippen molar-refractivity contribution in [3.63, 3.8) is 0 Å². The molecule has 1 fully saturated rings. The summed E-state index contributed by atoms with van der Waals surface area (Å²) in [7, 11) is 3.84. The molecule has 1 aromatic heterocycles. The smallest absolute Gasteiger partial charge is 0.0878 e. The molecule has 1 unspecified atom stereocenters. The first kappa shape index (κ1) is 14.5. The van der Waals surface area contributed by atoms with Crippen LogP contribution in [0.25, 0.3) is 0 Å². The minimum Gasteiger partial charge on any atom is -0.381 e. The summed E-state index contributed by atoms with van der Waals surface area (Å²) in [6, 6.07) is 4.62. The van der Waals surface area contributed by atoms with Crippen molar-refractivity contribution in [1.29, 1.82) is 0 Å². The SMILES string of the molecule is CNC(Cc1ccc(Br)s1)C1(OC)CCOCC1. The molecule has 1 N–H and O–H groups in total. The molecule has 0 radical (unpaired) electrons. The Morgan fingerprint density at radius 3 is 2.72 bits per heavy atom. The molecule has 1 aliphatic heterocycles. The number of likely N-dealkylation sites (N-methyl/N-ethyl adjacent to an activating group) is 1. The molecule has 1 aromatic rings. The van der Waals surface area contributed by atoms with Gasteiger partial charge in [0, 0.05) is 44.1 Å². The number of hydrogen-bond donors (Lipinski definition) is 1. The summed E-state index contributed by atoms with van der Waals surface area (Å²) in [5, 5.41) is 3.43. The van der Waals surface area contributed by atoms with E-state index in [1.165, 1.54) is 8.66 Å². The Kier molecular flexibility index (Phi) is 5.21. The molecule has 18 heavy (non-hydrogen) atoms. The van der Waals surface area contributed by atoms with Crippen LogP contribution in [-0.4, -0.2) is 39.0 Å². The molecule has 2 rings (SSSR count). The van der Waals surface area contributed by atoms with Crippen molar-refractivity contribution in [2.24, 2.45) is 0 Å². The summed E-state index contributed by atoms with van der Waals surface area (Å²) >= 11 is 5.31. The zero-order valence-electron chi connectivity index (χ0n) is 10.9. The first-order chi connectivity index (χ1) is 8.70. The molecule has 0 bridgehead atoms. The minimum atomic E-state index is -0.0938. The van der Waals surface area contributed by atoms with Gasteiger partial charge in [-0.25, -0.2) is 0 Å². The van der Waals surface area contributed by atoms with Gasteiger partial charge >= 0.3 is 0 Å². The normalized spacial score (nSPS) is 20.8. The van der Waals surface area contributed by atoms with Crippen molar-refractivity contribution in [2.45, 2.75) is 30.9 Å². The molecule has 1 saturated heterocycles. The maximum Gasteiger partial charge on any atom is 0.0878 e. The fraction of sp³-hybridized carbons (Fsp3) is 0.692. The van der Waals surface area contributed by atoms with Crippen molar-refractivity contribution in [3.05, 3.63) is 20.8 Å². The maximum absolute atomic E-state index is 5.86. The average molecular weight is 334 g/mol. The second-order valence-electron chi connectivity index (χ2n) is 4.63. The molecule has 1 atom stereocenters. The van der Waals surface area contributed by atoms with Gasteiger partial charge in [0.1, 0.15) is 0 Å². The lowest BCUT2D eigenvalue weighted by atomic mass is 9.84. The lowest BCUT2D eigenvalue weighted by Gasteiger charge is -2.42. The van der Waals surface area contributed by atoms with E-state index in [2.05, 4.69) is 33.4 Å². The number of thiophene rings is 1. The van der Waals surface area contributed by atoms with Crippen LogP contribution >= 0.6 is 27.3 Å². The van der Waals surface area contributed by atoms with Crippen molar-refractivity contribution < 1.29 is 9.47 Å². The minimum absolute atomic E-state index is 0.0938. The summed E-state index contributed by atoms with van der Waals surface area (Å²) in [4.78, 5) is 1.38. The van der Waals surface area contributed by atoms with Crippen molar-refractivity contribution in [2.75, 3.05) is 27.4 Å². The quantitative estimate of drug-likeness (QED) is 0.898. The molecule has 0 amide bonds. The monoisotopic (exact) mass is 333 g/mol. The van der Waals surface area contributed by atoms with Gasteiger partial charge in [-0.3, -0.25) is 0 Å². The Bertz CT molecular complexity index is 377. The van der Waals surface area contributed by atoms with Crippen LogP contribution in [0.4, 0.5) is 0 Å². The van der Waals surface area contributed by atoms with E-state index in [4.69, 9.17) is 9.47 Å². The number of nitrogens with one attached hydrogen (secondary N) is 1. The molecule has 0 aromatic carbocycles. The lowest BCUT2D eigenvalue weighted by molar-refractivity contribution is -0.109. The molecule has 2 heterocycles. The molecule has 102 valence electrons. The average Bonchev–Trinajstić information content (AvgIpc) is 2.82. The van der Waals surface area contributed by atoms with Gasteiger partial charge in [-0.05, 0) is 41.5 Å². The molecular weight excluding hydrogens is 314 g/mol. The Morgan fingerprint density at radius 1 is 1.50 bits per heavy atom. The van der Waals surface area contributed by atoms with Crippen molar-refractivity contribution in [1.82, 2.24) is 5.32 Å². The topological polar surface area (TPSA) is 30.5 Å². The second-order valence-corrected chi connectivity index (χ2v) is 7.18. The molecule has 0 saturated carbocycles. The Morgan fingerprint density at radius 2 is 2.22 bits per heavy atom. The molecule has 0 spiro atoms. The summed E-state index contributed by atoms with van der Waals surface area (Å²) in [5.74, 6) is 0. The van der Waals surface area contributed by atoms with E-state index >= 15 is 0 Å². The third kappa shape index (κ3) is 3.14. The Labute approximate surface area is 121 Å². The summed E-state index contributed by atoms with van der Waals surface area (Å²) in [6.45, 7) is 1.58. The number of methoxy groups -OCH3 is 1. The largest absolute Gasteiger partial charge is 0.381 e. The summed E-state index contributed by atoms with van der Waals surface area (Å²) in [6.07, 6.45) is 2.92. The third-order valence-corrected chi connectivity index (χ3v) is 5.41. The van der Waals surface area contributed by atoms with Crippen LogP contribution in [0.3, 0.4) is 0 Å². The van der Waals surface area contributed by atoms with Crippen LogP contribution in [0.5, 0.6) is 0 Å². The Balaban J connectivity index is 2.10. The predicted molar refractivity (Wildman–Crippen MR) is 78.4 cm³/mol. The van der Waals surface area contributed by atoms with Crippen LogP contribution in [0.1, 0.15) is 17.7 Å². The Hall–Kier alpha value is 0.0600. The summed E-state index contributed by atoms with van der Waals surface area (Å²) in [5.41, 5.74) is -0.0938. The van der Waals surface area contributed by atoms with Crippen LogP contribution in [0, 0.1) is 0 Å². The van der Waals surface area contributed by atoms with Crippen LogP contribution in [0.15, 0.2) is 15.9 Å². The zero-order valence-corrected chi connectivity index (χ0v) is 13.3. The summed E-state index contributed by atoms with van der Waals surface area (Å²) < 4.78 is 12.5. The van der Waals surface area contributed by atoms with Gasteiger partial charge in [-0.1, -0.05) is 0 Å². The molecule has 3 nitrogen and oxygen atoms in total. The van der Waals surface area contributed by atoms with Gasteiger partial charge in [-0.2, -0.15) is 0 Å². The fourth-order valence-electron chi connectivity index (χ4n) is 2.63.